The minimum Gasteiger partial charge on any atom is -0.359 e. The molecule has 3 aromatic heterocycles. The van der Waals surface area contributed by atoms with Crippen molar-refractivity contribution in [1.29, 1.82) is 0 Å². The molecule has 25 heavy (non-hydrogen) atoms. The van der Waals surface area contributed by atoms with E-state index < -0.39 is 0 Å². The van der Waals surface area contributed by atoms with Crippen LogP contribution in [0.1, 0.15) is 26.0 Å². The van der Waals surface area contributed by atoms with Crippen molar-refractivity contribution < 1.29 is 9.32 Å². The SMILES string of the molecule is Cc1ccc(CNC(=O)c2cc(Cn3cnc4ccccc43)on2)s1. The van der Waals surface area contributed by atoms with E-state index in [1.807, 2.05) is 47.9 Å². The largest absolute Gasteiger partial charge is 0.359 e. The van der Waals surface area contributed by atoms with E-state index in [1.54, 1.807) is 23.7 Å². The van der Waals surface area contributed by atoms with Crippen LogP contribution in [0.3, 0.4) is 0 Å². The van der Waals surface area contributed by atoms with E-state index in [0.29, 0.717) is 18.8 Å². The van der Waals surface area contributed by atoms with Gasteiger partial charge in [0.1, 0.15) is 0 Å². The molecule has 1 amide bonds. The molecule has 1 N–H and O–H groups in total. The third-order valence-corrected chi connectivity index (χ3v) is 4.86. The van der Waals surface area contributed by atoms with Gasteiger partial charge in [-0.2, -0.15) is 0 Å². The molecule has 0 aliphatic rings. The number of carbonyl (C=O) groups excluding carboxylic acids is 1. The number of hydrogen-bond donors (Lipinski definition) is 1. The topological polar surface area (TPSA) is 73.0 Å². The van der Waals surface area contributed by atoms with E-state index in [1.165, 1.54) is 4.88 Å². The highest BCUT2D eigenvalue weighted by molar-refractivity contribution is 7.11. The number of thiophene rings is 1. The normalized spacial score (nSPS) is 11.1. The lowest BCUT2D eigenvalue weighted by Gasteiger charge is -2.00. The molecule has 0 fully saturated rings. The standard InChI is InChI=1S/C18H16N4O2S/c1-12-6-7-14(25-12)9-19-18(23)16-8-13(24-21-16)10-22-11-20-15-4-2-3-5-17(15)22/h2-8,11H,9-10H2,1H3,(H,19,23). The Hall–Kier alpha value is -2.93. The van der Waals surface area contributed by atoms with Crippen molar-refractivity contribution in [3.8, 4) is 0 Å². The Labute approximate surface area is 148 Å². The number of carbonyl (C=O) groups is 1. The van der Waals surface area contributed by atoms with Crippen LogP contribution in [0.15, 0.2) is 53.3 Å². The lowest BCUT2D eigenvalue weighted by Crippen LogP contribution is -2.22. The zero-order valence-corrected chi connectivity index (χ0v) is 14.4. The molecule has 4 rings (SSSR count). The van der Waals surface area contributed by atoms with Gasteiger partial charge in [0.05, 0.1) is 30.5 Å². The quantitative estimate of drug-likeness (QED) is 0.598. The molecule has 0 unspecified atom stereocenters. The molecule has 126 valence electrons. The van der Waals surface area contributed by atoms with E-state index >= 15 is 0 Å². The van der Waals surface area contributed by atoms with E-state index in [4.69, 9.17) is 4.52 Å². The van der Waals surface area contributed by atoms with Crippen molar-refractivity contribution in [2.45, 2.75) is 20.0 Å². The Morgan fingerprint density at radius 2 is 2.16 bits per heavy atom. The number of aryl methyl sites for hydroxylation is 1. The van der Waals surface area contributed by atoms with Crippen LogP contribution >= 0.6 is 11.3 Å². The summed E-state index contributed by atoms with van der Waals surface area (Å²) in [7, 11) is 0. The Morgan fingerprint density at radius 1 is 1.28 bits per heavy atom. The monoisotopic (exact) mass is 352 g/mol. The summed E-state index contributed by atoms with van der Waals surface area (Å²) in [6.45, 7) is 3.01. The Balaban J connectivity index is 1.43. The number of fused-ring (bicyclic) bond motifs is 1. The number of para-hydroxylation sites is 2. The first-order valence-corrected chi connectivity index (χ1v) is 8.70. The van der Waals surface area contributed by atoms with Crippen molar-refractivity contribution in [2.75, 3.05) is 0 Å². The predicted octanol–water partition coefficient (Wildman–Crippen LogP) is 3.37. The number of aromatic nitrogens is 3. The summed E-state index contributed by atoms with van der Waals surface area (Å²) in [6, 6.07) is 13.6. The van der Waals surface area contributed by atoms with Gasteiger partial charge in [-0.15, -0.1) is 11.3 Å². The van der Waals surface area contributed by atoms with Gasteiger partial charge in [-0.25, -0.2) is 4.98 Å². The third kappa shape index (κ3) is 3.32. The number of rotatable bonds is 5. The molecular weight excluding hydrogens is 336 g/mol. The fraction of sp³-hybridized carbons (Fsp3) is 0.167. The second-order valence-corrected chi connectivity index (χ2v) is 7.11. The average Bonchev–Trinajstić information content (AvgIpc) is 3.34. The zero-order chi connectivity index (χ0) is 17.2. The summed E-state index contributed by atoms with van der Waals surface area (Å²) in [5.41, 5.74) is 2.22. The maximum absolute atomic E-state index is 12.2. The Morgan fingerprint density at radius 3 is 3.00 bits per heavy atom. The van der Waals surface area contributed by atoms with E-state index in [-0.39, 0.29) is 11.6 Å². The second-order valence-electron chi connectivity index (χ2n) is 5.73. The number of hydrogen-bond acceptors (Lipinski definition) is 5. The lowest BCUT2D eigenvalue weighted by molar-refractivity contribution is 0.0942. The Bertz CT molecular complexity index is 1030. The van der Waals surface area contributed by atoms with Crippen molar-refractivity contribution in [3.05, 3.63) is 70.0 Å². The number of imidazole rings is 1. The van der Waals surface area contributed by atoms with Crippen LogP contribution in [-0.4, -0.2) is 20.6 Å². The third-order valence-electron chi connectivity index (χ3n) is 3.86. The molecule has 0 spiro atoms. The van der Waals surface area contributed by atoms with Crippen LogP contribution in [0.25, 0.3) is 11.0 Å². The molecular formula is C18H16N4O2S. The summed E-state index contributed by atoms with van der Waals surface area (Å²) in [5, 5.41) is 6.74. The van der Waals surface area contributed by atoms with Gasteiger partial charge in [-0.3, -0.25) is 4.79 Å². The maximum atomic E-state index is 12.2. The van der Waals surface area contributed by atoms with Gasteiger partial charge in [0, 0.05) is 15.8 Å². The van der Waals surface area contributed by atoms with E-state index in [2.05, 4.69) is 15.5 Å². The Kier molecular flexibility index (Phi) is 4.07. The molecule has 3 heterocycles. The first-order chi connectivity index (χ1) is 12.2. The first kappa shape index (κ1) is 15.6. The van der Waals surface area contributed by atoms with Gasteiger partial charge in [0.25, 0.3) is 5.91 Å². The minimum atomic E-state index is -0.239. The highest BCUT2D eigenvalue weighted by Crippen LogP contribution is 2.16. The fourth-order valence-corrected chi connectivity index (χ4v) is 3.47. The number of nitrogens with zero attached hydrogens (tertiary/aromatic N) is 3. The van der Waals surface area contributed by atoms with Crippen molar-refractivity contribution in [1.82, 2.24) is 20.0 Å². The summed E-state index contributed by atoms with van der Waals surface area (Å²) < 4.78 is 7.27. The smallest absolute Gasteiger partial charge is 0.273 e. The van der Waals surface area contributed by atoms with Gasteiger partial charge in [-0.05, 0) is 31.2 Å². The second kappa shape index (κ2) is 6.52. The molecule has 0 bridgehead atoms. The summed E-state index contributed by atoms with van der Waals surface area (Å²) in [5.74, 6) is 0.372. The van der Waals surface area contributed by atoms with Crippen LogP contribution in [0.2, 0.25) is 0 Å². The number of benzene rings is 1. The van der Waals surface area contributed by atoms with Crippen LogP contribution in [0.4, 0.5) is 0 Å². The van der Waals surface area contributed by atoms with Gasteiger partial charge in [-0.1, -0.05) is 17.3 Å². The molecule has 0 aliphatic carbocycles. The minimum absolute atomic E-state index is 0.239. The highest BCUT2D eigenvalue weighted by Gasteiger charge is 2.13. The van der Waals surface area contributed by atoms with Gasteiger partial charge < -0.3 is 14.4 Å². The van der Waals surface area contributed by atoms with Gasteiger partial charge in [0.15, 0.2) is 11.5 Å². The molecule has 0 aliphatic heterocycles. The van der Waals surface area contributed by atoms with Gasteiger partial charge in [0.2, 0.25) is 0 Å². The molecule has 4 aromatic rings. The van der Waals surface area contributed by atoms with Crippen LogP contribution in [0, 0.1) is 6.92 Å². The zero-order valence-electron chi connectivity index (χ0n) is 13.6. The maximum Gasteiger partial charge on any atom is 0.273 e. The van der Waals surface area contributed by atoms with Crippen LogP contribution in [0.5, 0.6) is 0 Å². The van der Waals surface area contributed by atoms with Crippen molar-refractivity contribution in [3.63, 3.8) is 0 Å². The van der Waals surface area contributed by atoms with Crippen LogP contribution < -0.4 is 5.32 Å². The molecule has 6 nitrogen and oxygen atoms in total. The number of amides is 1. The van der Waals surface area contributed by atoms with E-state index in [9.17, 15) is 4.79 Å². The molecule has 1 aromatic carbocycles. The molecule has 0 radical (unpaired) electrons. The molecule has 7 heteroatoms. The molecule has 0 saturated carbocycles. The molecule has 0 atom stereocenters. The highest BCUT2D eigenvalue weighted by atomic mass is 32.1. The fourth-order valence-electron chi connectivity index (χ4n) is 2.64. The summed E-state index contributed by atoms with van der Waals surface area (Å²) in [6.07, 6.45) is 1.76. The average molecular weight is 352 g/mol. The lowest BCUT2D eigenvalue weighted by atomic mass is 10.3. The molecule has 0 saturated heterocycles. The van der Waals surface area contributed by atoms with Crippen LogP contribution in [-0.2, 0) is 13.1 Å². The van der Waals surface area contributed by atoms with Crippen molar-refractivity contribution >= 4 is 28.3 Å². The summed E-state index contributed by atoms with van der Waals surface area (Å²) >= 11 is 1.67. The summed E-state index contributed by atoms with van der Waals surface area (Å²) in [4.78, 5) is 18.9. The van der Waals surface area contributed by atoms with E-state index in [0.717, 1.165) is 15.9 Å². The number of nitrogens with one attached hydrogen (secondary N) is 1. The first-order valence-electron chi connectivity index (χ1n) is 7.88. The predicted molar refractivity (Wildman–Crippen MR) is 95.6 cm³/mol. The van der Waals surface area contributed by atoms with Crippen molar-refractivity contribution in [2.24, 2.45) is 0 Å². The van der Waals surface area contributed by atoms with Gasteiger partial charge >= 0.3 is 0 Å².